The van der Waals surface area contributed by atoms with Crippen molar-refractivity contribution in [2.75, 3.05) is 0 Å². The molecule has 1 heterocycles. The Hall–Kier alpha value is -1.12. The first-order valence-corrected chi connectivity index (χ1v) is 7.99. The van der Waals surface area contributed by atoms with Gasteiger partial charge in [-0.1, -0.05) is 12.5 Å². The van der Waals surface area contributed by atoms with Gasteiger partial charge in [0.15, 0.2) is 5.78 Å². The number of allylic oxidation sites excluding steroid dienone is 2. The molecule has 4 rings (SSSR count). The van der Waals surface area contributed by atoms with E-state index < -0.39 is 0 Å². The molecule has 0 aromatic heterocycles. The van der Waals surface area contributed by atoms with Gasteiger partial charge in [-0.15, -0.1) is 0 Å². The highest BCUT2D eigenvalue weighted by molar-refractivity contribution is 5.91. The summed E-state index contributed by atoms with van der Waals surface area (Å²) in [4.78, 5) is 23.3. The van der Waals surface area contributed by atoms with Crippen LogP contribution in [-0.4, -0.2) is 17.4 Å². The van der Waals surface area contributed by atoms with E-state index in [2.05, 4.69) is 6.92 Å². The van der Waals surface area contributed by atoms with Crippen LogP contribution in [0.1, 0.15) is 58.3 Å². The first kappa shape index (κ1) is 12.6. The quantitative estimate of drug-likeness (QED) is 0.637. The highest BCUT2D eigenvalue weighted by Gasteiger charge is 2.64. The number of hydrogen-bond donors (Lipinski definition) is 0. The Morgan fingerprint density at radius 2 is 1.95 bits per heavy atom. The van der Waals surface area contributed by atoms with Gasteiger partial charge in [-0.3, -0.25) is 9.59 Å². The average molecular weight is 274 g/mol. The van der Waals surface area contributed by atoms with Gasteiger partial charge in [-0.25, -0.2) is 0 Å². The Labute approximate surface area is 119 Å². The summed E-state index contributed by atoms with van der Waals surface area (Å²) >= 11 is 0. The minimum absolute atomic E-state index is 0.00737. The van der Waals surface area contributed by atoms with Gasteiger partial charge in [0.25, 0.3) is 0 Å². The molecular weight excluding hydrogens is 252 g/mol. The van der Waals surface area contributed by atoms with Crippen molar-refractivity contribution in [1.29, 1.82) is 0 Å². The van der Waals surface area contributed by atoms with Crippen LogP contribution in [0.3, 0.4) is 0 Å². The lowest BCUT2D eigenvalue weighted by Gasteiger charge is -2.50. The molecule has 0 aromatic rings. The summed E-state index contributed by atoms with van der Waals surface area (Å²) in [5.41, 5.74) is 1.31. The number of carbonyl (C=O) groups excluding carboxylic acids is 2. The predicted octanol–water partition coefficient (Wildman–Crippen LogP) is 3.18. The van der Waals surface area contributed by atoms with Gasteiger partial charge in [-0.2, -0.15) is 0 Å². The maximum Gasteiger partial charge on any atom is 0.306 e. The molecule has 3 aliphatic carbocycles. The SMILES string of the molecule is CC12CCC3=CC(=O)CCC3C1CCC21CCC(=O)O1. The van der Waals surface area contributed by atoms with Crippen LogP contribution in [-0.2, 0) is 14.3 Å². The van der Waals surface area contributed by atoms with E-state index in [9.17, 15) is 9.59 Å². The second-order valence-electron chi connectivity index (χ2n) is 7.36. The number of hydrogen-bond acceptors (Lipinski definition) is 3. The van der Waals surface area contributed by atoms with Crippen LogP contribution < -0.4 is 0 Å². The van der Waals surface area contributed by atoms with E-state index in [1.807, 2.05) is 6.08 Å². The molecule has 1 saturated heterocycles. The first-order chi connectivity index (χ1) is 9.54. The van der Waals surface area contributed by atoms with Crippen molar-refractivity contribution in [2.45, 2.75) is 63.9 Å². The molecule has 1 spiro atoms. The fourth-order valence-electron chi connectivity index (χ4n) is 5.58. The summed E-state index contributed by atoms with van der Waals surface area (Å²) < 4.78 is 5.86. The van der Waals surface area contributed by atoms with Crippen LogP contribution in [0, 0.1) is 17.3 Å². The number of ether oxygens (including phenoxy) is 1. The van der Waals surface area contributed by atoms with Crippen molar-refractivity contribution in [3.63, 3.8) is 0 Å². The summed E-state index contributed by atoms with van der Waals surface area (Å²) in [5, 5.41) is 0. The molecule has 0 radical (unpaired) electrons. The molecule has 0 amide bonds. The van der Waals surface area contributed by atoms with Gasteiger partial charge in [0.1, 0.15) is 5.60 Å². The molecular formula is C17H22O3. The summed E-state index contributed by atoms with van der Waals surface area (Å²) in [5.74, 6) is 1.46. The Balaban J connectivity index is 1.70. The number of esters is 1. The molecule has 2 saturated carbocycles. The van der Waals surface area contributed by atoms with E-state index in [4.69, 9.17) is 4.74 Å². The van der Waals surface area contributed by atoms with Crippen molar-refractivity contribution in [3.8, 4) is 0 Å². The standard InChI is InChI=1S/C17H22O3/c1-16-7-4-11-10-12(18)2-3-13(11)14(16)5-8-17(16)9-6-15(19)20-17/h10,13-14H,2-9H2,1H3. The van der Waals surface area contributed by atoms with E-state index in [-0.39, 0.29) is 17.0 Å². The molecule has 3 nitrogen and oxygen atoms in total. The fraction of sp³-hybridized carbons (Fsp3) is 0.765. The molecule has 4 aliphatic rings. The second-order valence-corrected chi connectivity index (χ2v) is 7.36. The third-order valence-corrected chi connectivity index (χ3v) is 6.70. The third kappa shape index (κ3) is 1.47. The summed E-state index contributed by atoms with van der Waals surface area (Å²) in [6, 6.07) is 0. The number of rotatable bonds is 0. The Kier molecular flexibility index (Phi) is 2.49. The van der Waals surface area contributed by atoms with Crippen molar-refractivity contribution >= 4 is 11.8 Å². The minimum Gasteiger partial charge on any atom is -0.458 e. The van der Waals surface area contributed by atoms with Gasteiger partial charge in [0.2, 0.25) is 0 Å². The lowest BCUT2D eigenvalue weighted by Crippen LogP contribution is -2.49. The van der Waals surface area contributed by atoms with Crippen molar-refractivity contribution in [1.82, 2.24) is 0 Å². The van der Waals surface area contributed by atoms with Crippen LogP contribution in [0.25, 0.3) is 0 Å². The van der Waals surface area contributed by atoms with Gasteiger partial charge in [0.05, 0.1) is 0 Å². The first-order valence-electron chi connectivity index (χ1n) is 7.99. The summed E-state index contributed by atoms with van der Waals surface area (Å²) in [6.07, 6.45) is 9.39. The summed E-state index contributed by atoms with van der Waals surface area (Å²) in [7, 11) is 0. The van der Waals surface area contributed by atoms with Crippen LogP contribution in [0.2, 0.25) is 0 Å². The molecule has 4 unspecified atom stereocenters. The smallest absolute Gasteiger partial charge is 0.306 e. The van der Waals surface area contributed by atoms with E-state index >= 15 is 0 Å². The maximum absolute atomic E-state index is 11.7. The Bertz CT molecular complexity index is 520. The molecule has 0 N–H and O–H groups in total. The Morgan fingerprint density at radius 1 is 1.10 bits per heavy atom. The Morgan fingerprint density at radius 3 is 2.70 bits per heavy atom. The van der Waals surface area contributed by atoms with Crippen molar-refractivity contribution in [2.24, 2.45) is 17.3 Å². The van der Waals surface area contributed by atoms with Crippen LogP contribution in [0.15, 0.2) is 11.6 Å². The van der Waals surface area contributed by atoms with Gasteiger partial charge in [-0.05, 0) is 56.4 Å². The van der Waals surface area contributed by atoms with Gasteiger partial charge >= 0.3 is 5.97 Å². The zero-order chi connectivity index (χ0) is 14.0. The lowest BCUT2D eigenvalue weighted by atomic mass is 9.56. The molecule has 4 atom stereocenters. The number of fused-ring (bicyclic) bond motifs is 4. The number of carbonyl (C=O) groups is 2. The van der Waals surface area contributed by atoms with Gasteiger partial charge in [0, 0.05) is 18.3 Å². The zero-order valence-electron chi connectivity index (χ0n) is 12.1. The molecule has 3 heteroatoms. The van der Waals surface area contributed by atoms with Gasteiger partial charge < -0.3 is 4.74 Å². The van der Waals surface area contributed by atoms with Crippen molar-refractivity contribution in [3.05, 3.63) is 11.6 Å². The third-order valence-electron chi connectivity index (χ3n) is 6.70. The number of ketones is 1. The van der Waals surface area contributed by atoms with Crippen molar-refractivity contribution < 1.29 is 14.3 Å². The van der Waals surface area contributed by atoms with E-state index in [0.717, 1.165) is 38.5 Å². The second kappa shape index (κ2) is 3.96. The molecule has 3 fully saturated rings. The monoisotopic (exact) mass is 274 g/mol. The lowest BCUT2D eigenvalue weighted by molar-refractivity contribution is -0.161. The van der Waals surface area contributed by atoms with Crippen LogP contribution in [0.5, 0.6) is 0 Å². The average Bonchev–Trinajstić information content (AvgIpc) is 2.93. The molecule has 20 heavy (non-hydrogen) atoms. The van der Waals surface area contributed by atoms with Crippen LogP contribution >= 0.6 is 0 Å². The zero-order valence-corrected chi connectivity index (χ0v) is 12.1. The molecule has 108 valence electrons. The topological polar surface area (TPSA) is 43.4 Å². The van der Waals surface area contributed by atoms with E-state index in [1.54, 1.807) is 0 Å². The predicted molar refractivity (Wildman–Crippen MR) is 73.9 cm³/mol. The normalized spacial score (nSPS) is 47.0. The minimum atomic E-state index is -0.193. The highest BCUT2D eigenvalue weighted by Crippen LogP contribution is 2.65. The van der Waals surface area contributed by atoms with E-state index in [1.165, 1.54) is 5.57 Å². The fourth-order valence-corrected chi connectivity index (χ4v) is 5.58. The maximum atomic E-state index is 11.7. The summed E-state index contributed by atoms with van der Waals surface area (Å²) in [6.45, 7) is 2.34. The molecule has 1 aliphatic heterocycles. The van der Waals surface area contributed by atoms with E-state index in [0.29, 0.717) is 30.5 Å². The largest absolute Gasteiger partial charge is 0.458 e. The highest BCUT2D eigenvalue weighted by atomic mass is 16.6. The molecule has 0 aromatic carbocycles. The van der Waals surface area contributed by atoms with Crippen LogP contribution in [0.4, 0.5) is 0 Å². The molecule has 0 bridgehead atoms.